The Labute approximate surface area is 125 Å². The van der Waals surface area contributed by atoms with Gasteiger partial charge in [-0.05, 0) is 33.9 Å². The molecule has 0 saturated carbocycles. The first-order valence-electron chi connectivity index (χ1n) is 7.34. The van der Waals surface area contributed by atoms with E-state index < -0.39 is 0 Å². The van der Waals surface area contributed by atoms with Crippen molar-refractivity contribution in [3.05, 3.63) is 107 Å². The molecule has 0 aliphatic heterocycles. The van der Waals surface area contributed by atoms with Crippen LogP contribution in [0.2, 0.25) is 0 Å². The average molecular weight is 268 g/mol. The van der Waals surface area contributed by atoms with Crippen LogP contribution in [-0.4, -0.2) is 0 Å². The summed E-state index contributed by atoms with van der Waals surface area (Å²) < 4.78 is 0. The summed E-state index contributed by atoms with van der Waals surface area (Å²) in [5.41, 5.74) is 6.80. The first kappa shape index (κ1) is 12.2. The summed E-state index contributed by atoms with van der Waals surface area (Å²) in [6, 6.07) is 30.2. The SMILES string of the molecule is C1=C(c2ccccc2)[C@@H](c2ccccc2)c2ccccc21. The monoisotopic (exact) mass is 268 g/mol. The number of rotatable bonds is 2. The standard InChI is InChI=1S/C21H16/c1-3-9-16(10-4-1)20-15-18-13-7-8-14-19(18)21(20)17-11-5-2-6-12-17/h1-15,21H/t21-/m0/s1. The number of fused-ring (bicyclic) bond motifs is 1. The lowest BCUT2D eigenvalue weighted by atomic mass is 9.85. The first-order valence-corrected chi connectivity index (χ1v) is 7.34. The van der Waals surface area contributed by atoms with Gasteiger partial charge < -0.3 is 0 Å². The highest BCUT2D eigenvalue weighted by Gasteiger charge is 2.26. The molecule has 1 aliphatic rings. The van der Waals surface area contributed by atoms with E-state index in [-0.39, 0.29) is 0 Å². The van der Waals surface area contributed by atoms with Crippen LogP contribution in [0.5, 0.6) is 0 Å². The van der Waals surface area contributed by atoms with Crippen molar-refractivity contribution in [3.63, 3.8) is 0 Å². The number of hydrogen-bond acceptors (Lipinski definition) is 0. The minimum absolute atomic E-state index is 0.338. The molecule has 1 aliphatic carbocycles. The molecule has 100 valence electrons. The zero-order valence-electron chi connectivity index (χ0n) is 11.7. The fourth-order valence-electron chi connectivity index (χ4n) is 3.21. The molecule has 0 saturated heterocycles. The largest absolute Gasteiger partial charge is 0.0622 e. The summed E-state index contributed by atoms with van der Waals surface area (Å²) in [6.07, 6.45) is 2.34. The van der Waals surface area contributed by atoms with Gasteiger partial charge in [0.05, 0.1) is 0 Å². The molecule has 21 heavy (non-hydrogen) atoms. The highest BCUT2D eigenvalue weighted by atomic mass is 14.3. The minimum Gasteiger partial charge on any atom is -0.0622 e. The Hall–Kier alpha value is -2.60. The summed E-state index contributed by atoms with van der Waals surface area (Å²) in [7, 11) is 0. The van der Waals surface area contributed by atoms with Crippen LogP contribution in [0.1, 0.15) is 28.2 Å². The minimum atomic E-state index is 0.338. The zero-order valence-corrected chi connectivity index (χ0v) is 11.7. The van der Waals surface area contributed by atoms with Crippen LogP contribution >= 0.6 is 0 Å². The fraction of sp³-hybridized carbons (Fsp3) is 0.0476. The molecule has 0 nitrogen and oxygen atoms in total. The van der Waals surface area contributed by atoms with E-state index in [1.807, 2.05) is 0 Å². The lowest BCUT2D eigenvalue weighted by Crippen LogP contribution is -2.00. The van der Waals surface area contributed by atoms with Crippen molar-refractivity contribution < 1.29 is 0 Å². The number of allylic oxidation sites excluding steroid dienone is 1. The lowest BCUT2D eigenvalue weighted by molar-refractivity contribution is 1.07. The predicted octanol–water partition coefficient (Wildman–Crippen LogP) is 5.37. The Bertz CT molecular complexity index is 783. The third-order valence-corrected chi connectivity index (χ3v) is 4.17. The normalized spacial score (nSPS) is 16.4. The van der Waals surface area contributed by atoms with E-state index >= 15 is 0 Å². The Morgan fingerprint density at radius 2 is 1.19 bits per heavy atom. The molecular formula is C21H16. The Kier molecular flexibility index (Phi) is 2.93. The second-order valence-corrected chi connectivity index (χ2v) is 5.44. The second kappa shape index (κ2) is 5.06. The summed E-state index contributed by atoms with van der Waals surface area (Å²) in [4.78, 5) is 0. The molecule has 1 atom stereocenters. The van der Waals surface area contributed by atoms with Crippen LogP contribution in [-0.2, 0) is 0 Å². The number of hydrogen-bond donors (Lipinski definition) is 0. The van der Waals surface area contributed by atoms with Gasteiger partial charge in [0.25, 0.3) is 0 Å². The predicted molar refractivity (Wildman–Crippen MR) is 89.0 cm³/mol. The van der Waals surface area contributed by atoms with Gasteiger partial charge in [0.15, 0.2) is 0 Å². The lowest BCUT2D eigenvalue weighted by Gasteiger charge is -2.18. The maximum absolute atomic E-state index is 2.34. The molecule has 0 heterocycles. The van der Waals surface area contributed by atoms with Crippen LogP contribution in [0, 0.1) is 0 Å². The quantitative estimate of drug-likeness (QED) is 0.586. The van der Waals surface area contributed by atoms with Gasteiger partial charge in [0, 0.05) is 5.92 Å². The molecule has 0 bridgehead atoms. The van der Waals surface area contributed by atoms with Crippen LogP contribution in [0.25, 0.3) is 11.6 Å². The molecule has 3 aromatic carbocycles. The molecule has 0 fully saturated rings. The van der Waals surface area contributed by atoms with Crippen molar-refractivity contribution in [2.45, 2.75) is 5.92 Å². The van der Waals surface area contributed by atoms with Crippen molar-refractivity contribution in [1.29, 1.82) is 0 Å². The molecule has 0 heteroatoms. The summed E-state index contributed by atoms with van der Waals surface area (Å²) >= 11 is 0. The van der Waals surface area contributed by atoms with Crippen molar-refractivity contribution in [2.75, 3.05) is 0 Å². The van der Waals surface area contributed by atoms with Gasteiger partial charge in [-0.15, -0.1) is 0 Å². The van der Waals surface area contributed by atoms with Gasteiger partial charge in [-0.25, -0.2) is 0 Å². The molecule has 0 N–H and O–H groups in total. The van der Waals surface area contributed by atoms with Crippen molar-refractivity contribution in [3.8, 4) is 0 Å². The Morgan fingerprint density at radius 3 is 1.95 bits per heavy atom. The summed E-state index contributed by atoms with van der Waals surface area (Å²) in [5, 5.41) is 0. The van der Waals surface area contributed by atoms with Crippen LogP contribution in [0.3, 0.4) is 0 Å². The van der Waals surface area contributed by atoms with Gasteiger partial charge in [-0.3, -0.25) is 0 Å². The average Bonchev–Trinajstić information content (AvgIpc) is 2.96. The molecule has 0 unspecified atom stereocenters. The van der Waals surface area contributed by atoms with E-state index in [2.05, 4.69) is 91.0 Å². The fourth-order valence-corrected chi connectivity index (χ4v) is 3.21. The maximum atomic E-state index is 2.34. The Balaban J connectivity index is 1.90. The van der Waals surface area contributed by atoms with E-state index in [4.69, 9.17) is 0 Å². The third kappa shape index (κ3) is 2.09. The maximum Gasteiger partial charge on any atom is 0.0352 e. The van der Waals surface area contributed by atoms with Gasteiger partial charge in [0.2, 0.25) is 0 Å². The van der Waals surface area contributed by atoms with Crippen molar-refractivity contribution in [2.24, 2.45) is 0 Å². The van der Waals surface area contributed by atoms with Crippen molar-refractivity contribution in [1.82, 2.24) is 0 Å². The van der Waals surface area contributed by atoms with Gasteiger partial charge in [-0.1, -0.05) is 84.9 Å². The van der Waals surface area contributed by atoms with E-state index in [9.17, 15) is 0 Å². The summed E-state index contributed by atoms with van der Waals surface area (Å²) in [5.74, 6) is 0.338. The van der Waals surface area contributed by atoms with Crippen LogP contribution < -0.4 is 0 Å². The highest BCUT2D eigenvalue weighted by molar-refractivity contribution is 5.93. The van der Waals surface area contributed by atoms with Crippen LogP contribution in [0.15, 0.2) is 84.9 Å². The van der Waals surface area contributed by atoms with E-state index in [1.165, 1.54) is 27.8 Å². The van der Waals surface area contributed by atoms with E-state index in [0.717, 1.165) is 0 Å². The van der Waals surface area contributed by atoms with Gasteiger partial charge in [0.1, 0.15) is 0 Å². The van der Waals surface area contributed by atoms with Crippen molar-refractivity contribution >= 4 is 11.6 Å². The third-order valence-electron chi connectivity index (χ3n) is 4.17. The topological polar surface area (TPSA) is 0 Å². The molecule has 0 amide bonds. The molecule has 0 aromatic heterocycles. The summed E-state index contributed by atoms with van der Waals surface area (Å²) in [6.45, 7) is 0. The highest BCUT2D eigenvalue weighted by Crippen LogP contribution is 2.45. The van der Waals surface area contributed by atoms with Gasteiger partial charge >= 0.3 is 0 Å². The molecular weight excluding hydrogens is 252 g/mol. The smallest absolute Gasteiger partial charge is 0.0352 e. The Morgan fingerprint density at radius 1 is 0.571 bits per heavy atom. The van der Waals surface area contributed by atoms with E-state index in [1.54, 1.807) is 0 Å². The number of benzene rings is 3. The second-order valence-electron chi connectivity index (χ2n) is 5.44. The molecule has 0 radical (unpaired) electrons. The van der Waals surface area contributed by atoms with Crippen LogP contribution in [0.4, 0.5) is 0 Å². The molecule has 3 aromatic rings. The van der Waals surface area contributed by atoms with E-state index in [0.29, 0.717) is 5.92 Å². The first-order chi connectivity index (χ1) is 10.4. The molecule has 0 spiro atoms. The van der Waals surface area contributed by atoms with Gasteiger partial charge in [-0.2, -0.15) is 0 Å². The zero-order chi connectivity index (χ0) is 14.1. The molecule has 4 rings (SSSR count).